The SMILES string of the molecule is CC(=O)NCCOCCOCCOCCC(=O)N(CCCCOc1cc(C#N)cc(C#N)c1)CC(=O)N[C@@H](Cc1ccc2ccccc2c1)C(=O)NCCCC[C@H](NC(=O)N[C@@H](CCC(=O)O)C(=O)O)C(=O)O. The lowest BCUT2D eigenvalue weighted by Gasteiger charge is -2.25. The highest BCUT2D eigenvalue weighted by Crippen LogP contribution is 2.18. The van der Waals surface area contributed by atoms with Crippen molar-refractivity contribution in [3.63, 3.8) is 0 Å². The first-order chi connectivity index (χ1) is 35.1. The van der Waals surface area contributed by atoms with Crippen molar-refractivity contribution in [1.29, 1.82) is 10.5 Å². The number of fused-ring (bicyclic) bond motifs is 1. The molecule has 0 radical (unpaired) electrons. The number of unbranched alkanes of at least 4 members (excludes halogenated alkanes) is 2. The van der Waals surface area contributed by atoms with Crippen LogP contribution in [0.5, 0.6) is 5.75 Å². The molecule has 0 aliphatic heterocycles. The number of hydrogen-bond acceptors (Lipinski definition) is 14. The minimum absolute atomic E-state index is 0.0242. The molecule has 394 valence electrons. The molecule has 3 rings (SSSR count). The lowest BCUT2D eigenvalue weighted by Crippen LogP contribution is -2.51. The van der Waals surface area contributed by atoms with E-state index in [0.717, 1.165) is 16.3 Å². The smallest absolute Gasteiger partial charge is 0.326 e. The summed E-state index contributed by atoms with van der Waals surface area (Å²) in [4.78, 5) is 100. The highest BCUT2D eigenvalue weighted by Gasteiger charge is 2.26. The molecule has 0 fully saturated rings. The molecular weight excluding hydrogens is 953 g/mol. The van der Waals surface area contributed by atoms with E-state index in [0.29, 0.717) is 45.0 Å². The summed E-state index contributed by atoms with van der Waals surface area (Å²) >= 11 is 0. The summed E-state index contributed by atoms with van der Waals surface area (Å²) in [5.41, 5.74) is 1.25. The van der Waals surface area contributed by atoms with E-state index in [-0.39, 0.29) is 88.7 Å². The number of carbonyl (C=O) groups excluding carboxylic acids is 5. The standard InChI is InChI=1S/C50H64N8O15/c1-34(59)53-17-21-71-23-25-72-24-22-70-20-15-45(61)58(18-6-7-19-73-40-28-36(31-51)26-37(29-40)32-52)33-44(60)55-43(30-35-11-12-38-8-2-3-9-39(38)27-35)47(64)54-16-5-4-10-41(48(65)66)56-50(69)57-42(49(67)68)13-14-46(62)63/h2-3,8-9,11-12,26-29,41-43H,4-7,10,13-25,30,33H2,1H3,(H,53,59)(H,54,64)(H,55,60)(H,62,63)(H,65,66)(H,67,68)(H2,56,57,69)/t41-,42-,43-/m0/s1. The Morgan fingerprint density at radius 2 is 1.26 bits per heavy atom. The Balaban J connectivity index is 1.64. The Morgan fingerprint density at radius 1 is 0.630 bits per heavy atom. The van der Waals surface area contributed by atoms with E-state index in [2.05, 4.69) is 26.6 Å². The molecule has 23 nitrogen and oxygen atoms in total. The molecule has 0 unspecified atom stereocenters. The number of hydrogen-bond donors (Lipinski definition) is 8. The summed E-state index contributed by atoms with van der Waals surface area (Å²) < 4.78 is 22.3. The summed E-state index contributed by atoms with van der Waals surface area (Å²) in [6.07, 6.45) is 0.169. The molecule has 23 heteroatoms. The lowest BCUT2D eigenvalue weighted by molar-refractivity contribution is -0.141. The molecule has 0 spiro atoms. The predicted molar refractivity (Wildman–Crippen MR) is 261 cm³/mol. The van der Waals surface area contributed by atoms with Crippen LogP contribution in [0.3, 0.4) is 0 Å². The minimum atomic E-state index is -1.57. The fraction of sp³-hybridized carbons (Fsp3) is 0.480. The molecule has 0 aliphatic carbocycles. The maximum atomic E-state index is 13.8. The van der Waals surface area contributed by atoms with Gasteiger partial charge in [0.15, 0.2) is 0 Å². The van der Waals surface area contributed by atoms with Gasteiger partial charge in [-0.2, -0.15) is 10.5 Å². The van der Waals surface area contributed by atoms with E-state index in [9.17, 15) is 59.1 Å². The van der Waals surface area contributed by atoms with Crippen molar-refractivity contribution in [2.24, 2.45) is 0 Å². The summed E-state index contributed by atoms with van der Waals surface area (Å²) in [6.45, 7) is 3.13. The van der Waals surface area contributed by atoms with Gasteiger partial charge in [0.25, 0.3) is 0 Å². The van der Waals surface area contributed by atoms with Crippen LogP contribution in [-0.2, 0) is 54.2 Å². The van der Waals surface area contributed by atoms with Crippen LogP contribution in [0, 0.1) is 22.7 Å². The zero-order chi connectivity index (χ0) is 53.4. The van der Waals surface area contributed by atoms with E-state index in [1.807, 2.05) is 54.6 Å². The van der Waals surface area contributed by atoms with Crippen molar-refractivity contribution in [3.05, 3.63) is 77.4 Å². The number of amides is 6. The molecule has 0 aliphatic rings. The Morgan fingerprint density at radius 3 is 1.89 bits per heavy atom. The Hall–Kier alpha value is -7.86. The maximum Gasteiger partial charge on any atom is 0.326 e. The van der Waals surface area contributed by atoms with Gasteiger partial charge in [-0.15, -0.1) is 0 Å². The van der Waals surface area contributed by atoms with Gasteiger partial charge in [0.1, 0.15) is 23.9 Å². The van der Waals surface area contributed by atoms with Gasteiger partial charge in [-0.05, 0) is 73.1 Å². The largest absolute Gasteiger partial charge is 0.494 e. The number of aliphatic carboxylic acids is 3. The number of nitriles is 2. The van der Waals surface area contributed by atoms with Crippen LogP contribution in [0.1, 0.15) is 75.0 Å². The molecule has 3 aromatic rings. The Bertz CT molecular complexity index is 2370. The van der Waals surface area contributed by atoms with Gasteiger partial charge in [0.2, 0.25) is 23.6 Å². The Labute approximate surface area is 422 Å². The van der Waals surface area contributed by atoms with E-state index in [1.54, 1.807) is 0 Å². The van der Waals surface area contributed by atoms with Crippen molar-refractivity contribution in [2.75, 3.05) is 72.4 Å². The third-order valence-corrected chi connectivity index (χ3v) is 10.7. The molecular formula is C50H64N8O15. The molecule has 8 N–H and O–H groups in total. The average molecular weight is 1020 g/mol. The van der Waals surface area contributed by atoms with Crippen LogP contribution in [-0.4, -0.2) is 158 Å². The van der Waals surface area contributed by atoms with Crippen LogP contribution < -0.4 is 31.3 Å². The summed E-state index contributed by atoms with van der Waals surface area (Å²) in [7, 11) is 0. The van der Waals surface area contributed by atoms with E-state index in [1.165, 1.54) is 30.0 Å². The third-order valence-electron chi connectivity index (χ3n) is 10.7. The van der Waals surface area contributed by atoms with Gasteiger partial charge in [0.05, 0.1) is 82.5 Å². The predicted octanol–water partition coefficient (Wildman–Crippen LogP) is 2.23. The third kappa shape index (κ3) is 24.7. The molecule has 73 heavy (non-hydrogen) atoms. The molecule has 3 aromatic carbocycles. The number of urea groups is 1. The van der Waals surface area contributed by atoms with Crippen LogP contribution >= 0.6 is 0 Å². The van der Waals surface area contributed by atoms with Gasteiger partial charge in [0, 0.05) is 39.4 Å². The fourth-order valence-corrected chi connectivity index (χ4v) is 7.03. The number of carbonyl (C=O) groups is 8. The van der Waals surface area contributed by atoms with E-state index < -0.39 is 79.2 Å². The van der Waals surface area contributed by atoms with E-state index >= 15 is 0 Å². The highest BCUT2D eigenvalue weighted by atomic mass is 16.5. The maximum absolute atomic E-state index is 13.8. The second-order valence-electron chi connectivity index (χ2n) is 16.5. The number of benzene rings is 3. The van der Waals surface area contributed by atoms with Gasteiger partial charge in [-0.1, -0.05) is 42.5 Å². The van der Waals surface area contributed by atoms with Crippen molar-refractivity contribution in [1.82, 2.24) is 31.5 Å². The summed E-state index contributed by atoms with van der Waals surface area (Å²) in [5, 5.41) is 60.9. The first kappa shape index (κ1) is 59.4. The molecule has 6 amide bonds. The number of carboxylic acid groups (broad SMARTS) is 3. The zero-order valence-electron chi connectivity index (χ0n) is 40.7. The monoisotopic (exact) mass is 1020 g/mol. The second-order valence-corrected chi connectivity index (χ2v) is 16.5. The van der Waals surface area contributed by atoms with Crippen molar-refractivity contribution < 1.29 is 72.6 Å². The van der Waals surface area contributed by atoms with Gasteiger partial charge in [-0.25, -0.2) is 14.4 Å². The first-order valence-electron chi connectivity index (χ1n) is 23.7. The fourth-order valence-electron chi connectivity index (χ4n) is 7.03. The van der Waals surface area contributed by atoms with Gasteiger partial charge in [-0.3, -0.25) is 24.0 Å². The quantitative estimate of drug-likeness (QED) is 0.0387. The second kappa shape index (κ2) is 33.7. The Kier molecular flexibility index (Phi) is 27.4. The van der Waals surface area contributed by atoms with Gasteiger partial charge < -0.3 is 65.8 Å². The zero-order valence-corrected chi connectivity index (χ0v) is 40.7. The molecule has 3 atom stereocenters. The number of rotatable bonds is 36. The van der Waals surface area contributed by atoms with Crippen LogP contribution in [0.25, 0.3) is 10.8 Å². The number of nitrogens with zero attached hydrogens (tertiary/aromatic N) is 3. The minimum Gasteiger partial charge on any atom is -0.494 e. The first-order valence-corrected chi connectivity index (χ1v) is 23.7. The molecule has 0 saturated heterocycles. The number of nitrogens with one attached hydrogen (secondary N) is 5. The summed E-state index contributed by atoms with van der Waals surface area (Å²) in [5.74, 6) is -5.57. The van der Waals surface area contributed by atoms with Crippen LogP contribution in [0.4, 0.5) is 4.79 Å². The molecule has 0 saturated carbocycles. The highest BCUT2D eigenvalue weighted by molar-refractivity contribution is 5.91. The van der Waals surface area contributed by atoms with Crippen molar-refractivity contribution in [2.45, 2.75) is 82.8 Å². The number of ether oxygens (including phenoxy) is 4. The molecule has 0 aromatic heterocycles. The normalized spacial score (nSPS) is 11.9. The van der Waals surface area contributed by atoms with Crippen molar-refractivity contribution in [3.8, 4) is 17.9 Å². The van der Waals surface area contributed by atoms with Crippen LogP contribution in [0.2, 0.25) is 0 Å². The van der Waals surface area contributed by atoms with Crippen LogP contribution in [0.15, 0.2) is 60.7 Å². The average Bonchev–Trinajstić information content (AvgIpc) is 3.36. The van der Waals surface area contributed by atoms with Gasteiger partial charge >= 0.3 is 23.9 Å². The number of carboxylic acids is 3. The molecule has 0 bridgehead atoms. The topological polar surface area (TPSA) is 345 Å². The lowest BCUT2D eigenvalue weighted by atomic mass is 10.0. The van der Waals surface area contributed by atoms with E-state index in [4.69, 9.17) is 24.1 Å². The molecule has 0 heterocycles. The van der Waals surface area contributed by atoms with Crippen molar-refractivity contribution >= 4 is 58.3 Å². The summed E-state index contributed by atoms with van der Waals surface area (Å²) in [6, 6.07) is 16.4.